The van der Waals surface area contributed by atoms with E-state index in [1.165, 1.54) is 0 Å². The summed E-state index contributed by atoms with van der Waals surface area (Å²) >= 11 is -1.05. The first-order valence-corrected chi connectivity index (χ1v) is 7.29. The van der Waals surface area contributed by atoms with Crippen LogP contribution in [-0.2, 0) is 25.4 Å². The third-order valence-corrected chi connectivity index (χ3v) is 3.24. The van der Waals surface area contributed by atoms with Crippen molar-refractivity contribution in [2.24, 2.45) is 0 Å². The predicted octanol–water partition coefficient (Wildman–Crippen LogP) is 1.27. The summed E-state index contributed by atoms with van der Waals surface area (Å²) in [6.45, 7) is 0. The summed E-state index contributed by atoms with van der Waals surface area (Å²) in [7, 11) is 4.21. The van der Waals surface area contributed by atoms with Crippen LogP contribution < -0.4 is 0 Å². The molecule has 0 atom stereocenters. The average molecular weight is 191 g/mol. The van der Waals surface area contributed by atoms with Crippen LogP contribution in [0, 0.1) is 0 Å². The Morgan fingerprint density at radius 3 is 1.80 bits per heavy atom. The summed E-state index contributed by atoms with van der Waals surface area (Å²) in [4.78, 5) is 0. The van der Waals surface area contributed by atoms with Crippen molar-refractivity contribution in [1.29, 1.82) is 0 Å². The minimum absolute atomic E-state index is 1.05. The van der Waals surface area contributed by atoms with Crippen LogP contribution in [0.2, 0.25) is 0 Å². The van der Waals surface area contributed by atoms with Gasteiger partial charge >= 0.3 is 41.0 Å². The monoisotopic (exact) mass is 193 g/mol. The maximum absolute atomic E-state index is 9.36. The molecule has 0 saturated heterocycles. The molecule has 0 aromatic carbocycles. The van der Waals surface area contributed by atoms with Gasteiger partial charge in [0.2, 0.25) is 0 Å². The Morgan fingerprint density at radius 2 is 1.80 bits per heavy atom. The van der Waals surface area contributed by atoms with Crippen LogP contribution in [0.5, 0.6) is 0 Å². The first-order valence-electron chi connectivity index (χ1n) is 0.714. The second-order valence-electron chi connectivity index (χ2n) is 0.298. The van der Waals surface area contributed by atoms with E-state index in [4.69, 9.17) is 0 Å². The molecule has 2 nitrogen and oxygen atoms in total. The molecule has 0 N–H and O–H groups in total. The van der Waals surface area contributed by atoms with Crippen LogP contribution >= 0.6 is 15.6 Å². The first kappa shape index (κ1) is 5.81. The Labute approximate surface area is 41.2 Å². The zero-order valence-corrected chi connectivity index (χ0v) is 5.80. The summed E-state index contributed by atoms with van der Waals surface area (Å²) in [5.74, 6) is -2.15. The van der Waals surface area contributed by atoms with E-state index >= 15 is 0 Å². The molecule has 0 radical (unpaired) electrons. The van der Waals surface area contributed by atoms with E-state index in [0.29, 0.717) is 0 Å². The molecule has 0 fully saturated rings. The van der Waals surface area contributed by atoms with Crippen LogP contribution in [0.1, 0.15) is 0 Å². The molecule has 0 aromatic heterocycles. The molecule has 0 amide bonds. The summed E-state index contributed by atoms with van der Waals surface area (Å²) in [5.41, 5.74) is 0. The van der Waals surface area contributed by atoms with E-state index in [0.717, 1.165) is 0 Å². The van der Waals surface area contributed by atoms with Crippen LogP contribution in [0.25, 0.3) is 0 Å². The van der Waals surface area contributed by atoms with Gasteiger partial charge in [-0.05, 0) is 0 Å². The maximum atomic E-state index is 9.36. The SMILES string of the molecule is O=[P](=O)[Mo]=[S]. The normalized spacial score (nSPS) is 6.40. The van der Waals surface area contributed by atoms with Crippen molar-refractivity contribution in [2.45, 2.75) is 0 Å². The molecular weight excluding hydrogens is 191 g/mol. The van der Waals surface area contributed by atoms with Gasteiger partial charge in [0.15, 0.2) is 0 Å². The summed E-state index contributed by atoms with van der Waals surface area (Å²) in [6, 6.07) is 0. The molecule has 0 bridgehead atoms. The van der Waals surface area contributed by atoms with Crippen molar-refractivity contribution in [2.75, 3.05) is 0 Å². The van der Waals surface area contributed by atoms with Gasteiger partial charge < -0.3 is 0 Å². The topological polar surface area (TPSA) is 34.1 Å². The van der Waals surface area contributed by atoms with Crippen molar-refractivity contribution >= 4 is 15.6 Å². The Kier molecular flexibility index (Phi) is 3.50. The van der Waals surface area contributed by atoms with Crippen LogP contribution in [0.3, 0.4) is 0 Å². The number of hydrogen-bond donors (Lipinski definition) is 0. The van der Waals surface area contributed by atoms with Gasteiger partial charge in [0.25, 0.3) is 0 Å². The Balaban J connectivity index is 3.69. The molecule has 0 aliphatic rings. The molecule has 0 aliphatic carbocycles. The van der Waals surface area contributed by atoms with E-state index < -0.39 is 22.0 Å². The minimum atomic E-state index is -2.15. The quantitative estimate of drug-likeness (QED) is 0.462. The standard InChI is InChI=1S/Mo.O2P.S/c;1-3-2;. The van der Waals surface area contributed by atoms with E-state index in [1.54, 1.807) is 0 Å². The average Bonchev–Trinajstić information content (AvgIpc) is 1.38. The van der Waals surface area contributed by atoms with E-state index in [2.05, 4.69) is 9.82 Å². The molecule has 0 saturated carbocycles. The molecule has 0 heterocycles. The third kappa shape index (κ3) is 4.81. The van der Waals surface area contributed by atoms with Crippen molar-refractivity contribution in [3.05, 3.63) is 0 Å². The number of hydrogen-bond acceptors (Lipinski definition) is 3. The van der Waals surface area contributed by atoms with Gasteiger partial charge in [-0.3, -0.25) is 0 Å². The Bertz CT molecular complexity index is 85.8. The fourth-order valence-corrected chi connectivity index (χ4v) is 0. The van der Waals surface area contributed by atoms with Gasteiger partial charge in [-0.2, -0.15) is 0 Å². The van der Waals surface area contributed by atoms with Crippen LogP contribution in [-0.4, -0.2) is 0 Å². The van der Waals surface area contributed by atoms with Gasteiger partial charge in [0.05, 0.1) is 0 Å². The molecule has 5 heavy (non-hydrogen) atoms. The summed E-state index contributed by atoms with van der Waals surface area (Å²) < 4.78 is 18.7. The van der Waals surface area contributed by atoms with Gasteiger partial charge in [-0.1, -0.05) is 0 Å². The van der Waals surface area contributed by atoms with Crippen LogP contribution in [0.15, 0.2) is 0 Å². The van der Waals surface area contributed by atoms with E-state index in [9.17, 15) is 9.13 Å². The predicted molar refractivity (Wildman–Crippen MR) is 15.9 cm³/mol. The van der Waals surface area contributed by atoms with E-state index in [-0.39, 0.29) is 0 Å². The molecular formula is MoO2PS. The summed E-state index contributed by atoms with van der Waals surface area (Å²) in [5, 5.41) is 0. The molecule has 0 rings (SSSR count). The van der Waals surface area contributed by atoms with Gasteiger partial charge in [-0.25, -0.2) is 0 Å². The second-order valence-corrected chi connectivity index (χ2v) is 6.84. The third-order valence-electron chi connectivity index (χ3n) is 0.0609. The molecule has 0 spiro atoms. The number of rotatable bonds is 1. The molecule has 5 heteroatoms. The first-order chi connectivity index (χ1) is 2.27. The van der Waals surface area contributed by atoms with Gasteiger partial charge in [-0.15, -0.1) is 0 Å². The fourth-order valence-electron chi connectivity index (χ4n) is 0. The van der Waals surface area contributed by atoms with Gasteiger partial charge in [0, 0.05) is 0 Å². The molecule has 0 aromatic rings. The van der Waals surface area contributed by atoms with E-state index in [1.807, 2.05) is 0 Å². The zero-order valence-electron chi connectivity index (χ0n) is 2.08. The molecule has 0 unspecified atom stereocenters. The fraction of sp³-hybridized carbons (Fsp3) is 0. The Morgan fingerprint density at radius 1 is 1.60 bits per heavy atom. The Hall–Kier alpha value is 0.808. The molecule has 0 aliphatic heterocycles. The molecule has 29 valence electrons. The van der Waals surface area contributed by atoms with Crippen molar-refractivity contribution in [3.8, 4) is 0 Å². The van der Waals surface area contributed by atoms with Crippen molar-refractivity contribution < 1.29 is 25.4 Å². The van der Waals surface area contributed by atoms with Crippen molar-refractivity contribution in [3.63, 3.8) is 0 Å². The van der Waals surface area contributed by atoms with Gasteiger partial charge in [0.1, 0.15) is 0 Å². The second kappa shape index (κ2) is 3.02. The summed E-state index contributed by atoms with van der Waals surface area (Å²) in [6.07, 6.45) is 0. The van der Waals surface area contributed by atoms with Crippen molar-refractivity contribution in [1.82, 2.24) is 0 Å². The van der Waals surface area contributed by atoms with Crippen LogP contribution in [0.4, 0.5) is 0 Å². The zero-order chi connectivity index (χ0) is 4.28.